The first-order valence-corrected chi connectivity index (χ1v) is 8.53. The van der Waals surface area contributed by atoms with E-state index in [9.17, 15) is 10.1 Å². The summed E-state index contributed by atoms with van der Waals surface area (Å²) in [6.07, 6.45) is 0.391. The minimum absolute atomic E-state index is 0.147. The largest absolute Gasteiger partial charge is 0.493 e. The number of nitro benzene ring substituents is 1. The monoisotopic (exact) mass is 400 g/mol. The predicted molar refractivity (Wildman–Crippen MR) is 104 cm³/mol. The van der Waals surface area contributed by atoms with Gasteiger partial charge in [-0.25, -0.2) is 0 Å². The van der Waals surface area contributed by atoms with E-state index in [4.69, 9.17) is 18.9 Å². The molecule has 0 spiro atoms. The van der Waals surface area contributed by atoms with Crippen LogP contribution in [0.15, 0.2) is 30.3 Å². The molecule has 0 fully saturated rings. The highest BCUT2D eigenvalue weighted by Crippen LogP contribution is 2.39. The maximum Gasteiger partial charge on any atom is 0.311 e. The van der Waals surface area contributed by atoms with E-state index in [1.165, 1.54) is 26.4 Å². The number of aromatic amines is 1. The molecule has 3 aromatic rings. The Morgan fingerprint density at radius 3 is 2.14 bits per heavy atom. The van der Waals surface area contributed by atoms with Gasteiger partial charge in [-0.2, -0.15) is 15.4 Å². The maximum absolute atomic E-state index is 11.3. The number of nitro groups is 1. The van der Waals surface area contributed by atoms with Gasteiger partial charge >= 0.3 is 5.69 Å². The molecule has 1 heterocycles. The molecule has 29 heavy (non-hydrogen) atoms. The van der Waals surface area contributed by atoms with Gasteiger partial charge in [-0.15, -0.1) is 0 Å². The van der Waals surface area contributed by atoms with Gasteiger partial charge in [0.1, 0.15) is 5.69 Å². The molecule has 0 unspecified atom stereocenters. The lowest BCUT2D eigenvalue weighted by Gasteiger charge is -2.14. The van der Waals surface area contributed by atoms with Crippen LogP contribution in [0, 0.1) is 10.1 Å². The first-order valence-electron chi connectivity index (χ1n) is 8.53. The van der Waals surface area contributed by atoms with Crippen LogP contribution in [-0.4, -0.2) is 48.8 Å². The van der Waals surface area contributed by atoms with E-state index in [2.05, 4.69) is 15.4 Å². The second kappa shape index (κ2) is 8.46. The van der Waals surface area contributed by atoms with E-state index < -0.39 is 4.92 Å². The first kappa shape index (κ1) is 19.9. The number of benzene rings is 2. The van der Waals surface area contributed by atoms with Crippen LogP contribution in [0.5, 0.6) is 23.0 Å². The lowest BCUT2D eigenvalue weighted by Crippen LogP contribution is -1.99. The van der Waals surface area contributed by atoms with Crippen LogP contribution >= 0.6 is 0 Å². The van der Waals surface area contributed by atoms with Gasteiger partial charge in [0.05, 0.1) is 39.1 Å². The van der Waals surface area contributed by atoms with Crippen LogP contribution in [0.3, 0.4) is 0 Å². The summed E-state index contributed by atoms with van der Waals surface area (Å²) in [6, 6.07) is 8.27. The zero-order valence-corrected chi connectivity index (χ0v) is 16.4. The quantitative estimate of drug-likeness (QED) is 0.452. The Bertz CT molecular complexity index is 1010. The maximum atomic E-state index is 11.3. The van der Waals surface area contributed by atoms with Crippen LogP contribution in [0.2, 0.25) is 0 Å². The minimum atomic E-state index is -0.499. The molecule has 1 aromatic heterocycles. The summed E-state index contributed by atoms with van der Waals surface area (Å²) in [6.45, 7) is 0. The van der Waals surface area contributed by atoms with Gasteiger partial charge in [-0.3, -0.25) is 10.1 Å². The van der Waals surface area contributed by atoms with E-state index >= 15 is 0 Å². The molecule has 0 saturated heterocycles. The molecule has 10 heteroatoms. The highest BCUT2D eigenvalue weighted by Gasteiger charge is 2.20. The number of rotatable bonds is 8. The Balaban J connectivity index is 2.00. The highest BCUT2D eigenvalue weighted by molar-refractivity contribution is 5.68. The number of H-pyrrole nitrogens is 1. The molecule has 0 bridgehead atoms. The molecular weight excluding hydrogens is 380 g/mol. The minimum Gasteiger partial charge on any atom is -0.493 e. The fourth-order valence-corrected chi connectivity index (χ4v) is 3.02. The van der Waals surface area contributed by atoms with Crippen LogP contribution < -0.4 is 18.9 Å². The third-order valence-electron chi connectivity index (χ3n) is 4.37. The Hall–Kier alpha value is -3.82. The molecule has 0 amide bonds. The van der Waals surface area contributed by atoms with E-state index in [1.807, 2.05) is 12.1 Å². The Labute approximate surface area is 166 Å². The van der Waals surface area contributed by atoms with Crippen LogP contribution in [0.1, 0.15) is 11.3 Å². The van der Waals surface area contributed by atoms with Crippen molar-refractivity contribution >= 4 is 5.69 Å². The van der Waals surface area contributed by atoms with Gasteiger partial charge in [-0.1, -0.05) is 0 Å². The summed E-state index contributed by atoms with van der Waals surface area (Å²) >= 11 is 0. The molecule has 0 aliphatic rings. The lowest BCUT2D eigenvalue weighted by molar-refractivity contribution is -0.385. The zero-order chi connectivity index (χ0) is 21.0. The number of hydrogen-bond acceptors (Lipinski definition) is 8. The molecule has 0 saturated carbocycles. The lowest BCUT2D eigenvalue weighted by atomic mass is 10.0. The van der Waals surface area contributed by atoms with Crippen molar-refractivity contribution < 1.29 is 23.9 Å². The third kappa shape index (κ3) is 3.91. The third-order valence-corrected chi connectivity index (χ3v) is 4.37. The standard InChI is InChI=1S/C19H20N4O6/c1-26-15-6-5-12(10-14(15)23(24)25)18-13(20-22-21-18)7-11-8-16(27-2)19(29-4)17(9-11)28-3/h5-6,8-10H,7H2,1-4H3,(H,20,21,22). The summed E-state index contributed by atoms with van der Waals surface area (Å²) in [4.78, 5) is 10.8. The number of nitrogens with one attached hydrogen (secondary N) is 1. The van der Waals surface area contributed by atoms with Crippen molar-refractivity contribution in [1.29, 1.82) is 0 Å². The van der Waals surface area contributed by atoms with Gasteiger partial charge in [-0.05, 0) is 29.8 Å². The SMILES string of the molecule is COc1ccc(-c2n[nH]nc2Cc2cc(OC)c(OC)c(OC)c2)cc1[N+](=O)[O-]. The number of methoxy groups -OCH3 is 4. The Morgan fingerprint density at radius 1 is 0.931 bits per heavy atom. The average Bonchev–Trinajstić information content (AvgIpc) is 3.20. The summed E-state index contributed by atoms with van der Waals surface area (Å²) in [7, 11) is 6.00. The fraction of sp³-hybridized carbons (Fsp3) is 0.263. The second-order valence-electron chi connectivity index (χ2n) is 5.97. The van der Waals surface area contributed by atoms with Gasteiger partial charge < -0.3 is 18.9 Å². The highest BCUT2D eigenvalue weighted by atomic mass is 16.6. The zero-order valence-electron chi connectivity index (χ0n) is 16.4. The predicted octanol–water partition coefficient (Wildman–Crippen LogP) is 3.01. The molecule has 1 N–H and O–H groups in total. The fourth-order valence-electron chi connectivity index (χ4n) is 3.02. The van der Waals surface area contributed by atoms with Crippen molar-refractivity contribution in [2.75, 3.05) is 28.4 Å². The van der Waals surface area contributed by atoms with Crippen molar-refractivity contribution in [1.82, 2.24) is 15.4 Å². The number of aromatic nitrogens is 3. The number of ether oxygens (including phenoxy) is 4. The second-order valence-corrected chi connectivity index (χ2v) is 5.97. The Morgan fingerprint density at radius 2 is 1.59 bits per heavy atom. The van der Waals surface area contributed by atoms with Gasteiger partial charge in [0.2, 0.25) is 5.75 Å². The number of hydrogen-bond donors (Lipinski definition) is 1. The summed E-state index contributed by atoms with van der Waals surface area (Å²) in [5.74, 6) is 1.71. The van der Waals surface area contributed by atoms with E-state index in [1.54, 1.807) is 20.3 Å². The summed E-state index contributed by atoms with van der Waals surface area (Å²) < 4.78 is 21.2. The van der Waals surface area contributed by atoms with Crippen LogP contribution in [0.4, 0.5) is 5.69 Å². The molecule has 0 radical (unpaired) electrons. The topological polar surface area (TPSA) is 122 Å². The average molecular weight is 400 g/mol. The summed E-state index contributed by atoms with van der Waals surface area (Å²) in [5.41, 5.74) is 2.36. The molecule has 3 rings (SSSR count). The van der Waals surface area contributed by atoms with E-state index in [0.29, 0.717) is 40.6 Å². The molecule has 2 aromatic carbocycles. The molecule has 10 nitrogen and oxygen atoms in total. The molecule has 152 valence electrons. The van der Waals surface area contributed by atoms with Gasteiger partial charge in [0.15, 0.2) is 17.2 Å². The van der Waals surface area contributed by atoms with Crippen molar-refractivity contribution in [2.24, 2.45) is 0 Å². The van der Waals surface area contributed by atoms with E-state index in [-0.39, 0.29) is 11.4 Å². The Kier molecular flexibility index (Phi) is 5.82. The number of nitrogens with zero attached hydrogens (tertiary/aromatic N) is 3. The molecule has 0 aliphatic heterocycles. The van der Waals surface area contributed by atoms with Crippen LogP contribution in [0.25, 0.3) is 11.3 Å². The van der Waals surface area contributed by atoms with Crippen molar-refractivity contribution in [3.05, 3.63) is 51.7 Å². The van der Waals surface area contributed by atoms with Crippen LogP contribution in [-0.2, 0) is 6.42 Å². The van der Waals surface area contributed by atoms with Crippen molar-refractivity contribution in [2.45, 2.75) is 6.42 Å². The molecule has 0 aliphatic carbocycles. The first-order chi connectivity index (χ1) is 14.0. The molecule has 0 atom stereocenters. The molecular formula is C19H20N4O6. The van der Waals surface area contributed by atoms with Crippen molar-refractivity contribution in [3.63, 3.8) is 0 Å². The van der Waals surface area contributed by atoms with Gasteiger partial charge in [0, 0.05) is 18.1 Å². The van der Waals surface area contributed by atoms with Crippen molar-refractivity contribution in [3.8, 4) is 34.3 Å². The summed E-state index contributed by atoms with van der Waals surface area (Å²) in [5, 5.41) is 22.3. The normalized spacial score (nSPS) is 10.5. The van der Waals surface area contributed by atoms with E-state index in [0.717, 1.165) is 5.56 Å². The smallest absolute Gasteiger partial charge is 0.311 e. The van der Waals surface area contributed by atoms with Gasteiger partial charge in [0.25, 0.3) is 0 Å².